The van der Waals surface area contributed by atoms with Crippen LogP contribution < -0.4 is 5.73 Å². The van der Waals surface area contributed by atoms with Crippen LogP contribution in [0, 0.1) is 5.92 Å². The Balaban J connectivity index is 0.00000338. The summed E-state index contributed by atoms with van der Waals surface area (Å²) < 4.78 is 76.7. The van der Waals surface area contributed by atoms with Crippen LogP contribution in [-0.4, -0.2) is 30.4 Å². The fourth-order valence-corrected chi connectivity index (χ4v) is 2.57. The highest BCUT2D eigenvalue weighted by Crippen LogP contribution is 2.36. The zero-order chi connectivity index (χ0) is 18.8. The van der Waals surface area contributed by atoms with Gasteiger partial charge in [-0.15, -0.1) is 12.4 Å². The molecule has 3 nitrogen and oxygen atoms in total. The maximum atomic E-state index is 12.8. The van der Waals surface area contributed by atoms with Gasteiger partial charge >= 0.3 is 12.4 Å². The van der Waals surface area contributed by atoms with Gasteiger partial charge in [-0.1, -0.05) is 0 Å². The standard InChI is InChI=1S/C16H16F6N2O.ClH/c17-15(18,19)12-5-10(6-13(7-12)16(20,21)22)1-2-14(25)24-4-3-11(8-23)9-24;/h1-2,5-7,11H,3-4,8-9,23H2;1H/b2-1+;. The summed E-state index contributed by atoms with van der Waals surface area (Å²) in [5, 5.41) is 0. The minimum Gasteiger partial charge on any atom is -0.339 e. The molecule has 1 atom stereocenters. The molecule has 1 saturated heterocycles. The highest BCUT2D eigenvalue weighted by Gasteiger charge is 2.36. The van der Waals surface area contributed by atoms with Crippen molar-refractivity contribution in [2.75, 3.05) is 19.6 Å². The molecule has 1 aromatic rings. The lowest BCUT2D eigenvalue weighted by molar-refractivity contribution is -0.143. The Morgan fingerprint density at radius 2 is 1.65 bits per heavy atom. The van der Waals surface area contributed by atoms with Crippen molar-refractivity contribution in [2.45, 2.75) is 18.8 Å². The predicted octanol–water partition coefficient (Wildman–Crippen LogP) is 3.97. The van der Waals surface area contributed by atoms with Crippen LogP contribution in [0.25, 0.3) is 6.08 Å². The SMILES string of the molecule is Cl.NCC1CCN(C(=O)/C=C/c2cc(C(F)(F)F)cc(C(F)(F)F)c2)C1. The zero-order valence-corrected chi connectivity index (χ0v) is 14.2. The van der Waals surface area contributed by atoms with Gasteiger partial charge in [-0.25, -0.2) is 0 Å². The number of hydrogen-bond acceptors (Lipinski definition) is 2. The summed E-state index contributed by atoms with van der Waals surface area (Å²) in [6, 6.07) is 1.20. The van der Waals surface area contributed by atoms with Crippen molar-refractivity contribution in [1.82, 2.24) is 4.90 Å². The van der Waals surface area contributed by atoms with Gasteiger partial charge in [-0.2, -0.15) is 26.3 Å². The molecule has 0 spiro atoms. The first kappa shape index (κ1) is 22.3. The summed E-state index contributed by atoms with van der Waals surface area (Å²) in [7, 11) is 0. The lowest BCUT2D eigenvalue weighted by atomic mass is 10.0. The molecule has 26 heavy (non-hydrogen) atoms. The van der Waals surface area contributed by atoms with Crippen molar-refractivity contribution in [3.05, 3.63) is 41.0 Å². The fraction of sp³-hybridized carbons (Fsp3) is 0.438. The number of halogens is 7. The van der Waals surface area contributed by atoms with Gasteiger partial charge in [-0.05, 0) is 48.7 Å². The first-order valence-electron chi connectivity index (χ1n) is 7.47. The maximum absolute atomic E-state index is 12.8. The van der Waals surface area contributed by atoms with E-state index in [2.05, 4.69) is 0 Å². The van der Waals surface area contributed by atoms with Crippen molar-refractivity contribution in [3.8, 4) is 0 Å². The minimum absolute atomic E-state index is 0. The lowest BCUT2D eigenvalue weighted by Gasteiger charge is -2.14. The first-order valence-corrected chi connectivity index (χ1v) is 7.47. The van der Waals surface area contributed by atoms with Gasteiger partial charge in [0, 0.05) is 19.2 Å². The molecule has 2 N–H and O–H groups in total. The van der Waals surface area contributed by atoms with Gasteiger partial charge in [0.25, 0.3) is 0 Å². The number of carbonyl (C=O) groups excluding carboxylic acids is 1. The van der Waals surface area contributed by atoms with E-state index in [1.54, 1.807) is 0 Å². The molecule has 1 heterocycles. The summed E-state index contributed by atoms with van der Waals surface area (Å²) in [6.45, 7) is 1.30. The zero-order valence-electron chi connectivity index (χ0n) is 13.4. The van der Waals surface area contributed by atoms with Gasteiger partial charge in [0.1, 0.15) is 0 Å². The molecule has 0 saturated carbocycles. The number of benzene rings is 1. The van der Waals surface area contributed by atoms with Crippen molar-refractivity contribution in [3.63, 3.8) is 0 Å². The Labute approximate surface area is 152 Å². The van der Waals surface area contributed by atoms with Crippen molar-refractivity contribution < 1.29 is 31.1 Å². The third kappa shape index (κ3) is 5.63. The number of hydrogen-bond donors (Lipinski definition) is 1. The lowest BCUT2D eigenvalue weighted by Crippen LogP contribution is -2.28. The molecule has 146 valence electrons. The van der Waals surface area contributed by atoms with Crippen LogP contribution in [0.4, 0.5) is 26.3 Å². The number of carbonyl (C=O) groups is 1. The third-order valence-corrected chi connectivity index (χ3v) is 3.96. The molecule has 1 aliphatic heterocycles. The van der Waals surface area contributed by atoms with Gasteiger partial charge in [-0.3, -0.25) is 4.79 Å². The highest BCUT2D eigenvalue weighted by atomic mass is 35.5. The van der Waals surface area contributed by atoms with E-state index in [9.17, 15) is 31.1 Å². The van der Waals surface area contributed by atoms with Crippen LogP contribution >= 0.6 is 12.4 Å². The van der Waals surface area contributed by atoms with Crippen LogP contribution in [-0.2, 0) is 17.1 Å². The van der Waals surface area contributed by atoms with Gasteiger partial charge < -0.3 is 10.6 Å². The second kappa shape index (κ2) is 8.30. The molecular formula is C16H17ClF6N2O. The van der Waals surface area contributed by atoms with Gasteiger partial charge in [0.15, 0.2) is 0 Å². The second-order valence-electron chi connectivity index (χ2n) is 5.85. The number of nitrogens with zero attached hydrogens (tertiary/aromatic N) is 1. The molecule has 0 aliphatic carbocycles. The normalized spacial score (nSPS) is 18.3. The van der Waals surface area contributed by atoms with E-state index in [-0.39, 0.29) is 30.0 Å². The van der Waals surface area contributed by atoms with Crippen molar-refractivity contribution in [1.29, 1.82) is 0 Å². The Bertz CT molecular complexity index is 639. The second-order valence-corrected chi connectivity index (χ2v) is 5.85. The predicted molar refractivity (Wildman–Crippen MR) is 86.5 cm³/mol. The Hall–Kier alpha value is -1.74. The van der Waals surface area contributed by atoms with Gasteiger partial charge in [0.05, 0.1) is 11.1 Å². The molecule has 1 fully saturated rings. The molecule has 1 aromatic carbocycles. The van der Waals surface area contributed by atoms with Crippen LogP contribution in [0.15, 0.2) is 24.3 Å². The molecule has 0 bridgehead atoms. The number of amides is 1. The molecule has 0 radical (unpaired) electrons. The smallest absolute Gasteiger partial charge is 0.339 e. The fourth-order valence-electron chi connectivity index (χ4n) is 2.57. The summed E-state index contributed by atoms with van der Waals surface area (Å²) in [6.07, 6.45) is -7.18. The van der Waals surface area contributed by atoms with E-state index in [1.807, 2.05) is 0 Å². The monoisotopic (exact) mass is 402 g/mol. The van der Waals surface area contributed by atoms with E-state index in [0.29, 0.717) is 31.8 Å². The molecular weight excluding hydrogens is 386 g/mol. The Morgan fingerprint density at radius 3 is 2.08 bits per heavy atom. The summed E-state index contributed by atoms with van der Waals surface area (Å²) >= 11 is 0. The first-order chi connectivity index (χ1) is 11.5. The van der Waals surface area contributed by atoms with E-state index >= 15 is 0 Å². The molecule has 10 heteroatoms. The van der Waals surface area contributed by atoms with Crippen LogP contribution in [0.1, 0.15) is 23.1 Å². The molecule has 1 aliphatic rings. The molecule has 2 rings (SSSR count). The number of nitrogens with two attached hydrogens (primary N) is 1. The summed E-state index contributed by atoms with van der Waals surface area (Å²) in [4.78, 5) is 13.5. The Morgan fingerprint density at radius 1 is 1.12 bits per heavy atom. The van der Waals surface area contributed by atoms with Crippen LogP contribution in [0.2, 0.25) is 0 Å². The number of alkyl halides is 6. The highest BCUT2D eigenvalue weighted by molar-refractivity contribution is 5.92. The molecule has 1 amide bonds. The quantitative estimate of drug-likeness (QED) is 0.614. The molecule has 1 unspecified atom stereocenters. The van der Waals surface area contributed by atoms with E-state index in [0.717, 1.165) is 18.6 Å². The van der Waals surface area contributed by atoms with E-state index in [1.165, 1.54) is 4.90 Å². The maximum Gasteiger partial charge on any atom is 0.416 e. The van der Waals surface area contributed by atoms with Gasteiger partial charge in [0.2, 0.25) is 5.91 Å². The van der Waals surface area contributed by atoms with Crippen molar-refractivity contribution in [2.24, 2.45) is 11.7 Å². The third-order valence-electron chi connectivity index (χ3n) is 3.96. The van der Waals surface area contributed by atoms with Crippen LogP contribution in [0.5, 0.6) is 0 Å². The number of rotatable bonds is 3. The van der Waals surface area contributed by atoms with Crippen LogP contribution in [0.3, 0.4) is 0 Å². The van der Waals surface area contributed by atoms with E-state index < -0.39 is 29.4 Å². The number of likely N-dealkylation sites (tertiary alicyclic amines) is 1. The molecule has 0 aromatic heterocycles. The summed E-state index contributed by atoms with van der Waals surface area (Å²) in [5.74, 6) is -0.315. The Kier molecular flexibility index (Phi) is 7.12. The minimum atomic E-state index is -4.92. The summed E-state index contributed by atoms with van der Waals surface area (Å²) in [5.41, 5.74) is 2.33. The largest absolute Gasteiger partial charge is 0.416 e. The average Bonchev–Trinajstić information content (AvgIpc) is 2.99. The van der Waals surface area contributed by atoms with E-state index in [4.69, 9.17) is 5.73 Å². The average molecular weight is 403 g/mol. The topological polar surface area (TPSA) is 46.3 Å². The van der Waals surface area contributed by atoms with Crippen molar-refractivity contribution >= 4 is 24.4 Å².